The normalized spacial score (nSPS) is 10.1. The Labute approximate surface area is 115 Å². The number of hydrogen-bond acceptors (Lipinski definition) is 5. The summed E-state index contributed by atoms with van der Waals surface area (Å²) in [6.07, 6.45) is 1.34. The molecule has 0 atom stereocenters. The van der Waals surface area contributed by atoms with Gasteiger partial charge in [0.25, 0.3) is 5.91 Å². The maximum Gasteiger partial charge on any atom is 0.261 e. The molecule has 0 radical (unpaired) electrons. The average Bonchev–Trinajstić information content (AvgIpc) is 2.39. The van der Waals surface area contributed by atoms with Gasteiger partial charge in [0.1, 0.15) is 5.56 Å². The predicted octanol–water partition coefficient (Wildman–Crippen LogP) is 1.69. The van der Waals surface area contributed by atoms with Gasteiger partial charge in [0, 0.05) is 18.9 Å². The molecule has 1 aromatic heterocycles. The number of carbonyl (C=O) groups excluding carboxylic acids is 1. The molecule has 0 saturated carbocycles. The Hall–Kier alpha value is -2.18. The molecule has 1 heterocycles. The molecule has 2 rings (SSSR count). The summed E-state index contributed by atoms with van der Waals surface area (Å²) in [5.74, 6) is 5.53. The van der Waals surface area contributed by atoms with Crippen molar-refractivity contribution in [1.29, 1.82) is 0 Å². The fourth-order valence-electron chi connectivity index (χ4n) is 1.50. The lowest BCUT2D eigenvalue weighted by atomic mass is 10.2. The third-order valence-corrected chi connectivity index (χ3v) is 2.53. The molecule has 6 nitrogen and oxygen atoms in total. The van der Waals surface area contributed by atoms with Crippen molar-refractivity contribution in [3.05, 3.63) is 47.4 Å². The van der Waals surface area contributed by atoms with E-state index in [-0.39, 0.29) is 22.6 Å². The maximum atomic E-state index is 12.1. The number of halogens is 1. The van der Waals surface area contributed by atoms with Crippen LogP contribution in [0.4, 0.5) is 11.5 Å². The highest BCUT2D eigenvalue weighted by atomic mass is 35.5. The summed E-state index contributed by atoms with van der Waals surface area (Å²) < 4.78 is 0. The molecule has 3 N–H and O–H groups in total. The molecule has 0 aliphatic rings. The Morgan fingerprint density at radius 1 is 1.37 bits per heavy atom. The zero-order valence-corrected chi connectivity index (χ0v) is 10.9. The van der Waals surface area contributed by atoms with Crippen LogP contribution in [-0.4, -0.2) is 22.9 Å². The van der Waals surface area contributed by atoms with Crippen molar-refractivity contribution in [3.8, 4) is 0 Å². The van der Waals surface area contributed by atoms with E-state index in [1.165, 1.54) is 11.2 Å². The minimum absolute atomic E-state index is 0.0311. The lowest BCUT2D eigenvalue weighted by Gasteiger charge is -2.15. The fourth-order valence-corrected chi connectivity index (χ4v) is 1.63. The predicted molar refractivity (Wildman–Crippen MR) is 74.0 cm³/mol. The first kappa shape index (κ1) is 13.3. The van der Waals surface area contributed by atoms with Crippen LogP contribution in [0.3, 0.4) is 0 Å². The number of amides is 1. The van der Waals surface area contributed by atoms with Crippen LogP contribution in [0.15, 0.2) is 36.5 Å². The summed E-state index contributed by atoms with van der Waals surface area (Å²) in [5.41, 5.74) is 0.923. The topological polar surface area (TPSA) is 84.1 Å². The van der Waals surface area contributed by atoms with Crippen LogP contribution in [-0.2, 0) is 0 Å². The van der Waals surface area contributed by atoms with Crippen LogP contribution in [0.25, 0.3) is 0 Å². The second kappa shape index (κ2) is 5.64. The van der Waals surface area contributed by atoms with Crippen LogP contribution in [0.5, 0.6) is 0 Å². The summed E-state index contributed by atoms with van der Waals surface area (Å²) >= 11 is 5.69. The van der Waals surface area contributed by atoms with Gasteiger partial charge < -0.3 is 5.32 Å². The zero-order chi connectivity index (χ0) is 13.8. The van der Waals surface area contributed by atoms with Crippen molar-refractivity contribution in [3.63, 3.8) is 0 Å². The molecule has 2 aromatic rings. The fraction of sp³-hybridized carbons (Fsp3) is 0.0833. The number of nitrogens with zero attached hydrogens (tertiary/aromatic N) is 3. The SMILES string of the molecule is CN(N)c1nc(Cl)ncc1C(=O)Nc1ccccc1. The number of carbonyl (C=O) groups is 1. The number of rotatable bonds is 3. The van der Waals surface area contributed by atoms with Gasteiger partial charge in [0.05, 0.1) is 0 Å². The molecule has 0 fully saturated rings. The van der Waals surface area contributed by atoms with E-state index in [0.29, 0.717) is 5.69 Å². The minimum Gasteiger partial charge on any atom is -0.322 e. The van der Waals surface area contributed by atoms with Gasteiger partial charge in [-0.2, -0.15) is 4.98 Å². The molecule has 0 spiro atoms. The van der Waals surface area contributed by atoms with Gasteiger partial charge in [-0.1, -0.05) is 18.2 Å². The van der Waals surface area contributed by atoms with E-state index in [4.69, 9.17) is 17.4 Å². The van der Waals surface area contributed by atoms with E-state index in [1.807, 2.05) is 18.2 Å². The highest BCUT2D eigenvalue weighted by Gasteiger charge is 2.16. The number of nitrogens with two attached hydrogens (primary N) is 1. The quantitative estimate of drug-likeness (QED) is 0.507. The van der Waals surface area contributed by atoms with Crippen molar-refractivity contribution in [1.82, 2.24) is 9.97 Å². The van der Waals surface area contributed by atoms with Crippen LogP contribution in [0.2, 0.25) is 5.28 Å². The van der Waals surface area contributed by atoms with Crippen molar-refractivity contribution < 1.29 is 4.79 Å². The third-order valence-electron chi connectivity index (χ3n) is 2.35. The second-order valence-corrected chi connectivity index (χ2v) is 4.15. The number of anilines is 2. The molecular weight excluding hydrogens is 266 g/mol. The maximum absolute atomic E-state index is 12.1. The number of aromatic nitrogens is 2. The van der Waals surface area contributed by atoms with Gasteiger partial charge in [-0.3, -0.25) is 9.80 Å². The van der Waals surface area contributed by atoms with E-state index in [1.54, 1.807) is 19.2 Å². The Balaban J connectivity index is 2.29. The molecule has 0 aliphatic carbocycles. The first-order valence-electron chi connectivity index (χ1n) is 5.45. The van der Waals surface area contributed by atoms with Gasteiger partial charge in [-0.05, 0) is 23.7 Å². The molecule has 98 valence electrons. The monoisotopic (exact) mass is 277 g/mol. The summed E-state index contributed by atoms with van der Waals surface area (Å²) in [5, 5.41) is 3.98. The van der Waals surface area contributed by atoms with Crippen LogP contribution < -0.4 is 16.2 Å². The standard InChI is InChI=1S/C12H12ClN5O/c1-18(14)10-9(7-15-12(13)17-10)11(19)16-8-5-3-2-4-6-8/h2-7H,14H2,1H3,(H,16,19). The molecule has 0 saturated heterocycles. The van der Waals surface area contributed by atoms with Crippen molar-refractivity contribution >= 4 is 29.0 Å². The lowest BCUT2D eigenvalue weighted by Crippen LogP contribution is -2.29. The van der Waals surface area contributed by atoms with Crippen LogP contribution in [0.1, 0.15) is 10.4 Å². The Bertz CT molecular complexity index is 588. The van der Waals surface area contributed by atoms with Gasteiger partial charge in [0.15, 0.2) is 5.82 Å². The smallest absolute Gasteiger partial charge is 0.261 e. The van der Waals surface area contributed by atoms with E-state index in [0.717, 1.165) is 0 Å². The molecular formula is C12H12ClN5O. The third kappa shape index (κ3) is 3.18. The first-order chi connectivity index (χ1) is 9.08. The second-order valence-electron chi connectivity index (χ2n) is 3.81. The summed E-state index contributed by atoms with van der Waals surface area (Å²) in [6, 6.07) is 9.06. The molecule has 0 bridgehead atoms. The Morgan fingerprint density at radius 2 is 2.05 bits per heavy atom. The molecule has 7 heteroatoms. The van der Waals surface area contributed by atoms with Crippen molar-refractivity contribution in [2.45, 2.75) is 0 Å². The highest BCUT2D eigenvalue weighted by molar-refractivity contribution is 6.28. The van der Waals surface area contributed by atoms with Crippen LogP contribution >= 0.6 is 11.6 Å². The van der Waals surface area contributed by atoms with E-state index in [2.05, 4.69) is 15.3 Å². The number of hydrogen-bond donors (Lipinski definition) is 2. The van der Waals surface area contributed by atoms with Gasteiger partial charge in [0.2, 0.25) is 5.28 Å². The van der Waals surface area contributed by atoms with E-state index in [9.17, 15) is 4.79 Å². The minimum atomic E-state index is -0.352. The van der Waals surface area contributed by atoms with E-state index >= 15 is 0 Å². The number of para-hydroxylation sites is 1. The number of hydrazine groups is 1. The highest BCUT2D eigenvalue weighted by Crippen LogP contribution is 2.17. The summed E-state index contributed by atoms with van der Waals surface area (Å²) in [7, 11) is 1.57. The lowest BCUT2D eigenvalue weighted by molar-refractivity contribution is 0.102. The first-order valence-corrected chi connectivity index (χ1v) is 5.83. The average molecular weight is 278 g/mol. The summed E-state index contributed by atoms with van der Waals surface area (Å²) in [6.45, 7) is 0. The molecule has 19 heavy (non-hydrogen) atoms. The van der Waals surface area contributed by atoms with Crippen molar-refractivity contribution in [2.75, 3.05) is 17.4 Å². The van der Waals surface area contributed by atoms with Crippen molar-refractivity contribution in [2.24, 2.45) is 5.84 Å². The number of nitrogens with one attached hydrogen (secondary N) is 1. The molecule has 0 aliphatic heterocycles. The Kier molecular flexibility index (Phi) is 3.94. The molecule has 0 unspecified atom stereocenters. The van der Waals surface area contributed by atoms with Gasteiger partial charge in [-0.15, -0.1) is 0 Å². The Morgan fingerprint density at radius 3 is 2.68 bits per heavy atom. The largest absolute Gasteiger partial charge is 0.322 e. The van der Waals surface area contributed by atoms with Gasteiger partial charge in [-0.25, -0.2) is 10.8 Å². The molecule has 1 amide bonds. The molecule has 1 aromatic carbocycles. The van der Waals surface area contributed by atoms with Crippen LogP contribution in [0, 0.1) is 0 Å². The summed E-state index contributed by atoms with van der Waals surface area (Å²) in [4.78, 5) is 19.9. The zero-order valence-electron chi connectivity index (χ0n) is 10.2. The van der Waals surface area contributed by atoms with E-state index < -0.39 is 0 Å². The van der Waals surface area contributed by atoms with Gasteiger partial charge >= 0.3 is 0 Å². The number of benzene rings is 1.